The highest BCUT2D eigenvalue weighted by atomic mass is 32.2. The van der Waals surface area contributed by atoms with Gasteiger partial charge < -0.3 is 15.3 Å². The molecule has 0 bridgehead atoms. The second kappa shape index (κ2) is 11.8. The lowest BCUT2D eigenvalue weighted by atomic mass is 9.92. The molecule has 40 heavy (non-hydrogen) atoms. The summed E-state index contributed by atoms with van der Waals surface area (Å²) in [5.74, 6) is -3.92. The molecule has 2 aromatic rings. The molecule has 216 valence electrons. The summed E-state index contributed by atoms with van der Waals surface area (Å²) in [6.07, 6.45) is -2.05. The number of carbonyl (C=O) groups is 1. The lowest BCUT2D eigenvalue weighted by Crippen LogP contribution is -2.32. The van der Waals surface area contributed by atoms with Crippen LogP contribution in [0.3, 0.4) is 0 Å². The molecule has 15 heteroatoms. The standard InChI is InChI=1S/C25H28F4N6O4S/c26-23(27)16-5-9-34(10-6-16)21-13-17(33-40(38,39)12-11-36)1-2-20(21)24(37)31-22-14-19(15-30)35(32-22)18-3-7-25(28,29)8-4-18/h1-2,13-14,18,33,36H,3-12H2,(H,31,32,37). The Balaban J connectivity index is 1.60. The van der Waals surface area contributed by atoms with Gasteiger partial charge in [-0.1, -0.05) is 0 Å². The van der Waals surface area contributed by atoms with Gasteiger partial charge in [0.2, 0.25) is 15.9 Å². The maximum Gasteiger partial charge on any atom is 0.269 e. The molecule has 1 saturated heterocycles. The minimum absolute atomic E-state index is 0.0112. The number of nitrogens with zero attached hydrogens (tertiary/aromatic N) is 4. The van der Waals surface area contributed by atoms with Crippen LogP contribution < -0.4 is 14.9 Å². The van der Waals surface area contributed by atoms with Gasteiger partial charge in [-0.2, -0.15) is 19.1 Å². The van der Waals surface area contributed by atoms with E-state index in [2.05, 4.69) is 15.1 Å². The van der Waals surface area contributed by atoms with Crippen LogP contribution in [-0.2, 0) is 10.0 Å². The molecule has 1 amide bonds. The molecule has 2 fully saturated rings. The van der Waals surface area contributed by atoms with E-state index in [-0.39, 0.29) is 85.6 Å². The Bertz CT molecular complexity index is 1430. The molecular weight excluding hydrogens is 556 g/mol. The number of aromatic nitrogens is 2. The first-order chi connectivity index (χ1) is 18.9. The van der Waals surface area contributed by atoms with Crippen LogP contribution in [0.5, 0.6) is 0 Å². The van der Waals surface area contributed by atoms with Gasteiger partial charge in [0, 0.05) is 32.0 Å². The number of sulfonamides is 1. The fourth-order valence-electron chi connectivity index (χ4n) is 4.88. The molecule has 1 aromatic carbocycles. The fraction of sp³-hybridized carbons (Fsp3) is 0.480. The van der Waals surface area contributed by atoms with Crippen molar-refractivity contribution in [3.63, 3.8) is 0 Å². The molecule has 0 spiro atoms. The average molecular weight is 585 g/mol. The topological polar surface area (TPSA) is 140 Å². The normalized spacial score (nSPS) is 17.8. The van der Waals surface area contributed by atoms with E-state index < -0.39 is 46.3 Å². The molecule has 1 aliphatic carbocycles. The number of amides is 1. The number of aliphatic hydroxyl groups excluding tert-OH is 1. The summed E-state index contributed by atoms with van der Waals surface area (Å²) in [7, 11) is -3.87. The van der Waals surface area contributed by atoms with Crippen LogP contribution in [0, 0.1) is 11.3 Å². The van der Waals surface area contributed by atoms with E-state index in [4.69, 9.17) is 5.11 Å². The smallest absolute Gasteiger partial charge is 0.269 e. The summed E-state index contributed by atoms with van der Waals surface area (Å²) < 4.78 is 81.4. The van der Waals surface area contributed by atoms with E-state index in [1.165, 1.54) is 28.9 Å². The van der Waals surface area contributed by atoms with Gasteiger partial charge in [0.1, 0.15) is 11.8 Å². The molecule has 2 aliphatic rings. The lowest BCUT2D eigenvalue weighted by molar-refractivity contribution is -0.0450. The number of aliphatic hydroxyl groups is 1. The highest BCUT2D eigenvalue weighted by molar-refractivity contribution is 7.92. The SMILES string of the molecule is N#Cc1cc(NC(=O)c2ccc(NS(=O)(=O)CCO)cc2N2CCC(=C(F)F)CC2)nn1C1CCC(F)(F)CC1. The third kappa shape index (κ3) is 6.92. The first kappa shape index (κ1) is 29.3. The van der Waals surface area contributed by atoms with Gasteiger partial charge in [0.25, 0.3) is 12.0 Å². The zero-order valence-corrected chi connectivity index (χ0v) is 22.2. The Morgan fingerprint density at radius 2 is 1.85 bits per heavy atom. The van der Waals surface area contributed by atoms with Crippen LogP contribution >= 0.6 is 0 Å². The third-order valence-electron chi connectivity index (χ3n) is 6.98. The molecule has 1 aliphatic heterocycles. The van der Waals surface area contributed by atoms with Gasteiger partial charge in [0.05, 0.1) is 35.3 Å². The van der Waals surface area contributed by atoms with Gasteiger partial charge >= 0.3 is 0 Å². The van der Waals surface area contributed by atoms with Crippen LogP contribution in [-0.4, -0.2) is 60.6 Å². The van der Waals surface area contributed by atoms with Crippen molar-refractivity contribution in [1.82, 2.24) is 9.78 Å². The number of hydrogen-bond donors (Lipinski definition) is 3. The van der Waals surface area contributed by atoms with Crippen LogP contribution in [0.25, 0.3) is 0 Å². The molecule has 4 rings (SSSR count). The highest BCUT2D eigenvalue weighted by Gasteiger charge is 2.36. The van der Waals surface area contributed by atoms with Gasteiger partial charge in [-0.05, 0) is 49.5 Å². The first-order valence-corrected chi connectivity index (χ1v) is 14.3. The Morgan fingerprint density at radius 3 is 2.45 bits per heavy atom. The zero-order chi connectivity index (χ0) is 29.1. The summed E-state index contributed by atoms with van der Waals surface area (Å²) in [6, 6.07) is 7.01. The van der Waals surface area contributed by atoms with Crippen molar-refractivity contribution in [1.29, 1.82) is 5.26 Å². The highest BCUT2D eigenvalue weighted by Crippen LogP contribution is 2.39. The molecular formula is C25H28F4N6O4S. The van der Waals surface area contributed by atoms with E-state index in [1.54, 1.807) is 4.90 Å². The molecule has 0 unspecified atom stereocenters. The Hall–Kier alpha value is -3.64. The molecule has 1 saturated carbocycles. The predicted octanol–water partition coefficient (Wildman–Crippen LogP) is 4.24. The second-order valence-electron chi connectivity index (χ2n) is 9.74. The van der Waals surface area contributed by atoms with E-state index in [1.807, 2.05) is 6.07 Å². The third-order valence-corrected chi connectivity index (χ3v) is 8.24. The van der Waals surface area contributed by atoms with Crippen molar-refractivity contribution in [2.24, 2.45) is 0 Å². The monoisotopic (exact) mass is 584 g/mol. The molecule has 0 atom stereocenters. The second-order valence-corrected chi connectivity index (χ2v) is 11.6. The number of benzene rings is 1. The van der Waals surface area contributed by atoms with Crippen LogP contribution in [0.2, 0.25) is 0 Å². The number of carbonyl (C=O) groups excluding carboxylic acids is 1. The van der Waals surface area contributed by atoms with Crippen molar-refractivity contribution in [3.8, 4) is 6.07 Å². The Morgan fingerprint density at radius 1 is 1.18 bits per heavy atom. The van der Waals surface area contributed by atoms with E-state index in [9.17, 15) is 36.0 Å². The summed E-state index contributed by atoms with van der Waals surface area (Å²) >= 11 is 0. The molecule has 2 heterocycles. The van der Waals surface area contributed by atoms with Crippen LogP contribution in [0.15, 0.2) is 35.9 Å². The molecule has 1 aromatic heterocycles. The van der Waals surface area contributed by atoms with Gasteiger partial charge in [-0.25, -0.2) is 21.9 Å². The van der Waals surface area contributed by atoms with Crippen LogP contribution in [0.4, 0.5) is 34.8 Å². The van der Waals surface area contributed by atoms with Crippen molar-refractivity contribution < 1.29 is 35.9 Å². The largest absolute Gasteiger partial charge is 0.395 e. The number of piperidine rings is 1. The van der Waals surface area contributed by atoms with Gasteiger partial charge in [-0.15, -0.1) is 0 Å². The van der Waals surface area contributed by atoms with E-state index in [0.29, 0.717) is 0 Å². The number of anilines is 3. The minimum atomic E-state index is -3.87. The number of nitriles is 1. The summed E-state index contributed by atoms with van der Waals surface area (Å²) in [4.78, 5) is 15.0. The molecule has 10 nitrogen and oxygen atoms in total. The minimum Gasteiger partial charge on any atom is -0.395 e. The lowest BCUT2D eigenvalue weighted by Gasteiger charge is -2.31. The summed E-state index contributed by atoms with van der Waals surface area (Å²) in [5.41, 5.74) is 0.612. The quantitative estimate of drug-likeness (QED) is 0.394. The van der Waals surface area contributed by atoms with E-state index >= 15 is 0 Å². The van der Waals surface area contributed by atoms with Gasteiger partial charge in [0.15, 0.2) is 5.82 Å². The summed E-state index contributed by atoms with van der Waals surface area (Å²) in [6.45, 7) is -0.294. The number of nitrogens with one attached hydrogen (secondary N) is 2. The Labute approximate surface area is 228 Å². The van der Waals surface area contributed by atoms with Crippen LogP contribution in [0.1, 0.15) is 60.6 Å². The van der Waals surface area contributed by atoms with E-state index in [0.717, 1.165) is 0 Å². The predicted molar refractivity (Wildman–Crippen MR) is 139 cm³/mol. The van der Waals surface area contributed by atoms with Crippen molar-refractivity contribution >= 4 is 33.1 Å². The zero-order valence-electron chi connectivity index (χ0n) is 21.3. The number of alkyl halides is 2. The number of halogens is 4. The number of rotatable bonds is 8. The molecule has 0 radical (unpaired) electrons. The van der Waals surface area contributed by atoms with Gasteiger partial charge in [-0.3, -0.25) is 9.52 Å². The maximum atomic E-state index is 13.6. The number of hydrogen-bond acceptors (Lipinski definition) is 7. The maximum absolute atomic E-state index is 13.6. The fourth-order valence-corrected chi connectivity index (χ4v) is 5.71. The first-order valence-electron chi connectivity index (χ1n) is 12.6. The average Bonchev–Trinajstić information content (AvgIpc) is 3.31. The van der Waals surface area contributed by atoms with Crippen molar-refractivity contribution in [2.75, 3.05) is 40.4 Å². The summed E-state index contributed by atoms with van der Waals surface area (Å²) in [5, 5.41) is 25.4. The van der Waals surface area contributed by atoms with Crippen molar-refractivity contribution in [3.05, 3.63) is 47.2 Å². The van der Waals surface area contributed by atoms with Crippen molar-refractivity contribution in [2.45, 2.75) is 50.5 Å². The molecule has 3 N–H and O–H groups in total. The Kier molecular flexibility index (Phi) is 8.69.